The summed E-state index contributed by atoms with van der Waals surface area (Å²) in [6.07, 6.45) is 2.87. The molecule has 1 N–H and O–H groups in total. The molecular weight excluding hydrogens is 300 g/mol. The average Bonchev–Trinajstić information content (AvgIpc) is 2.80. The molecule has 2 aromatic heterocycles. The highest BCUT2D eigenvalue weighted by molar-refractivity contribution is 7.12. The van der Waals surface area contributed by atoms with E-state index in [0.717, 1.165) is 5.56 Å². The molecule has 0 atom stereocenters. The number of aromatic nitrogens is 1. The Hall–Kier alpha value is -1.92. The molecule has 0 saturated carbocycles. The number of methoxy groups -OCH3 is 1. The maximum atomic E-state index is 12.2. The largest absolute Gasteiger partial charge is 0.465 e. The second-order valence-electron chi connectivity index (χ2n) is 3.92. The number of hydrogen-bond donors (Lipinski definition) is 1. The molecular formula is C13H11ClN2O3S. The molecule has 0 radical (unpaired) electrons. The van der Waals surface area contributed by atoms with Gasteiger partial charge in [-0.1, -0.05) is 11.6 Å². The van der Waals surface area contributed by atoms with Gasteiger partial charge >= 0.3 is 5.97 Å². The van der Waals surface area contributed by atoms with Crippen LogP contribution in [0.3, 0.4) is 0 Å². The van der Waals surface area contributed by atoms with Crippen LogP contribution in [0.15, 0.2) is 23.8 Å². The first kappa shape index (κ1) is 14.5. The second-order valence-corrected chi connectivity index (χ2v) is 5.21. The van der Waals surface area contributed by atoms with Gasteiger partial charge in [-0.15, -0.1) is 11.3 Å². The fourth-order valence-corrected chi connectivity index (χ4v) is 2.68. The lowest BCUT2D eigenvalue weighted by molar-refractivity contribution is 0.0607. The van der Waals surface area contributed by atoms with Crippen LogP contribution < -0.4 is 5.32 Å². The molecule has 0 saturated heterocycles. The number of esters is 1. The number of aryl methyl sites for hydroxylation is 1. The normalized spacial score (nSPS) is 10.2. The molecule has 7 heteroatoms. The van der Waals surface area contributed by atoms with Crippen molar-refractivity contribution < 1.29 is 14.3 Å². The summed E-state index contributed by atoms with van der Waals surface area (Å²) in [4.78, 5) is 28.0. The van der Waals surface area contributed by atoms with Crippen LogP contribution in [0.2, 0.25) is 5.02 Å². The Balaban J connectivity index is 2.31. The number of ether oxygens (including phenoxy) is 1. The van der Waals surface area contributed by atoms with E-state index in [-0.39, 0.29) is 5.56 Å². The molecule has 104 valence electrons. The molecule has 2 rings (SSSR count). The smallest absolute Gasteiger partial charge is 0.350 e. The average molecular weight is 311 g/mol. The van der Waals surface area contributed by atoms with E-state index in [0.29, 0.717) is 15.6 Å². The number of nitrogens with zero attached hydrogens (tertiary/aromatic N) is 1. The summed E-state index contributed by atoms with van der Waals surface area (Å²) in [5.74, 6) is -0.912. The predicted octanol–water partition coefficient (Wildman–Crippen LogP) is 3.14. The molecule has 1 amide bonds. The van der Waals surface area contributed by atoms with Crippen molar-refractivity contribution in [1.29, 1.82) is 0 Å². The van der Waals surface area contributed by atoms with Crippen LogP contribution in [0.4, 0.5) is 5.69 Å². The molecule has 5 nitrogen and oxygen atoms in total. The monoisotopic (exact) mass is 310 g/mol. The number of hydrogen-bond acceptors (Lipinski definition) is 5. The van der Waals surface area contributed by atoms with Gasteiger partial charge in [0.1, 0.15) is 4.88 Å². The summed E-state index contributed by atoms with van der Waals surface area (Å²) in [7, 11) is 1.29. The number of carbonyl (C=O) groups is 2. The van der Waals surface area contributed by atoms with Gasteiger partial charge in [-0.2, -0.15) is 0 Å². The molecule has 0 fully saturated rings. The standard InChI is InChI=1S/C13H11ClN2O3S/c1-7-6-20-11(13(18)19-2)10(7)16-12(17)8-5-15-4-3-9(8)14/h3-6H,1-2H3,(H,16,17). The molecule has 0 unspecified atom stereocenters. The van der Waals surface area contributed by atoms with E-state index < -0.39 is 11.9 Å². The number of halogens is 1. The van der Waals surface area contributed by atoms with Gasteiger partial charge in [0.2, 0.25) is 0 Å². The highest BCUT2D eigenvalue weighted by Crippen LogP contribution is 2.29. The first-order chi connectivity index (χ1) is 9.54. The van der Waals surface area contributed by atoms with E-state index in [2.05, 4.69) is 15.0 Å². The molecule has 2 heterocycles. The van der Waals surface area contributed by atoms with Gasteiger partial charge in [0.05, 0.1) is 23.4 Å². The Labute approximate surface area is 124 Å². The molecule has 0 spiro atoms. The number of amides is 1. The number of nitrogens with one attached hydrogen (secondary N) is 1. The summed E-state index contributed by atoms with van der Waals surface area (Å²) < 4.78 is 4.68. The Bertz CT molecular complexity index is 669. The van der Waals surface area contributed by atoms with Gasteiger partial charge in [0.25, 0.3) is 5.91 Å². The highest BCUT2D eigenvalue weighted by atomic mass is 35.5. The van der Waals surface area contributed by atoms with E-state index in [1.165, 1.54) is 36.9 Å². The Morgan fingerprint density at radius 2 is 2.20 bits per heavy atom. The Morgan fingerprint density at radius 3 is 2.85 bits per heavy atom. The van der Waals surface area contributed by atoms with Crippen molar-refractivity contribution in [3.05, 3.63) is 44.9 Å². The fourth-order valence-electron chi connectivity index (χ4n) is 1.57. The predicted molar refractivity (Wildman–Crippen MR) is 77.6 cm³/mol. The van der Waals surface area contributed by atoms with Crippen molar-refractivity contribution in [3.63, 3.8) is 0 Å². The minimum Gasteiger partial charge on any atom is -0.465 e. The van der Waals surface area contributed by atoms with Gasteiger partial charge < -0.3 is 10.1 Å². The molecule has 0 aliphatic heterocycles. The van der Waals surface area contributed by atoms with Crippen molar-refractivity contribution in [2.45, 2.75) is 6.92 Å². The molecule has 0 aliphatic carbocycles. The second kappa shape index (κ2) is 6.02. The zero-order valence-electron chi connectivity index (χ0n) is 10.8. The lowest BCUT2D eigenvalue weighted by atomic mass is 10.2. The Kier molecular flexibility index (Phi) is 4.36. The summed E-state index contributed by atoms with van der Waals surface area (Å²) >= 11 is 7.15. The summed E-state index contributed by atoms with van der Waals surface area (Å²) in [5.41, 5.74) is 1.46. The third-order valence-electron chi connectivity index (χ3n) is 2.60. The fraction of sp³-hybridized carbons (Fsp3) is 0.154. The summed E-state index contributed by atoms with van der Waals surface area (Å²) in [6.45, 7) is 1.80. The number of carbonyl (C=O) groups excluding carboxylic acids is 2. The van der Waals surface area contributed by atoms with Crippen molar-refractivity contribution in [3.8, 4) is 0 Å². The van der Waals surface area contributed by atoms with Gasteiger partial charge in [-0.3, -0.25) is 9.78 Å². The lowest BCUT2D eigenvalue weighted by Crippen LogP contribution is -2.15. The molecule has 0 aliphatic rings. The van der Waals surface area contributed by atoms with Crippen molar-refractivity contribution in [2.24, 2.45) is 0 Å². The Morgan fingerprint density at radius 1 is 1.45 bits per heavy atom. The van der Waals surface area contributed by atoms with Gasteiger partial charge in [0.15, 0.2) is 0 Å². The zero-order chi connectivity index (χ0) is 14.7. The molecule has 2 aromatic rings. The number of pyridine rings is 1. The van der Waals surface area contributed by atoms with Crippen LogP contribution in [0.25, 0.3) is 0 Å². The summed E-state index contributed by atoms with van der Waals surface area (Å²) in [6, 6.07) is 1.53. The minimum absolute atomic E-state index is 0.246. The quantitative estimate of drug-likeness (QED) is 0.884. The first-order valence-electron chi connectivity index (χ1n) is 5.62. The number of anilines is 1. The van der Waals surface area contributed by atoms with E-state index in [9.17, 15) is 9.59 Å². The van der Waals surface area contributed by atoms with Crippen LogP contribution in [0.1, 0.15) is 25.6 Å². The zero-order valence-corrected chi connectivity index (χ0v) is 12.3. The van der Waals surface area contributed by atoms with E-state index in [1.54, 1.807) is 12.3 Å². The van der Waals surface area contributed by atoms with Crippen LogP contribution in [0.5, 0.6) is 0 Å². The van der Waals surface area contributed by atoms with Gasteiger partial charge in [-0.25, -0.2) is 4.79 Å². The third-order valence-corrected chi connectivity index (χ3v) is 4.00. The highest BCUT2D eigenvalue weighted by Gasteiger charge is 2.20. The van der Waals surface area contributed by atoms with Crippen molar-refractivity contribution in [1.82, 2.24) is 4.98 Å². The van der Waals surface area contributed by atoms with Crippen LogP contribution >= 0.6 is 22.9 Å². The molecule has 0 bridgehead atoms. The van der Waals surface area contributed by atoms with Crippen LogP contribution in [0, 0.1) is 6.92 Å². The molecule has 20 heavy (non-hydrogen) atoms. The van der Waals surface area contributed by atoms with Crippen molar-refractivity contribution in [2.75, 3.05) is 12.4 Å². The van der Waals surface area contributed by atoms with E-state index in [4.69, 9.17) is 11.6 Å². The van der Waals surface area contributed by atoms with Gasteiger partial charge in [-0.05, 0) is 23.9 Å². The minimum atomic E-state index is -0.490. The lowest BCUT2D eigenvalue weighted by Gasteiger charge is -2.08. The first-order valence-corrected chi connectivity index (χ1v) is 6.87. The van der Waals surface area contributed by atoms with Crippen LogP contribution in [-0.4, -0.2) is 24.0 Å². The van der Waals surface area contributed by atoms with Crippen molar-refractivity contribution >= 4 is 40.5 Å². The maximum absolute atomic E-state index is 12.2. The number of thiophene rings is 1. The third kappa shape index (κ3) is 2.81. The SMILES string of the molecule is COC(=O)c1scc(C)c1NC(=O)c1cnccc1Cl. The van der Waals surface area contributed by atoms with E-state index in [1.807, 2.05) is 0 Å². The molecule has 0 aromatic carbocycles. The number of rotatable bonds is 3. The van der Waals surface area contributed by atoms with Crippen LogP contribution in [-0.2, 0) is 4.74 Å². The summed E-state index contributed by atoms with van der Waals surface area (Å²) in [5, 5.41) is 4.74. The maximum Gasteiger partial charge on any atom is 0.350 e. The van der Waals surface area contributed by atoms with E-state index >= 15 is 0 Å². The topological polar surface area (TPSA) is 68.3 Å². The van der Waals surface area contributed by atoms with Gasteiger partial charge in [0, 0.05) is 12.4 Å².